The molecule has 0 aliphatic carbocycles. The van der Waals surface area contributed by atoms with Crippen LogP contribution in [0.15, 0.2) is 27.2 Å². The van der Waals surface area contributed by atoms with Crippen LogP contribution in [-0.4, -0.2) is 21.4 Å². The van der Waals surface area contributed by atoms with Crippen molar-refractivity contribution in [3.05, 3.63) is 28.5 Å². The summed E-state index contributed by atoms with van der Waals surface area (Å²) in [6, 6.07) is 4.56. The minimum atomic E-state index is -4.25. The van der Waals surface area contributed by atoms with E-state index in [4.69, 9.17) is 4.52 Å². The molecule has 0 saturated heterocycles. The van der Waals surface area contributed by atoms with Gasteiger partial charge in [-0.2, -0.15) is 18.2 Å². The first-order valence-corrected chi connectivity index (χ1v) is 6.03. The van der Waals surface area contributed by atoms with E-state index >= 15 is 0 Å². The van der Waals surface area contributed by atoms with E-state index in [1.165, 1.54) is 6.07 Å². The molecule has 1 N–H and O–H groups in total. The molecule has 0 bridgehead atoms. The second-order valence-electron chi connectivity index (χ2n) is 3.80. The molecule has 0 aliphatic heterocycles. The smallest absolute Gasteiger partial charge is 0.389 e. The number of aromatic hydroxyl groups is 1. The number of aromatic nitrogens is 2. The van der Waals surface area contributed by atoms with E-state index in [0.29, 0.717) is 10.0 Å². The summed E-state index contributed by atoms with van der Waals surface area (Å²) in [5.41, 5.74) is 0.437. The van der Waals surface area contributed by atoms with E-state index < -0.39 is 12.6 Å². The van der Waals surface area contributed by atoms with E-state index in [2.05, 4.69) is 26.1 Å². The minimum Gasteiger partial charge on any atom is -0.507 e. The Labute approximate surface area is 114 Å². The van der Waals surface area contributed by atoms with Gasteiger partial charge in [-0.1, -0.05) is 5.16 Å². The molecule has 0 radical (unpaired) electrons. The fraction of sp³-hybridized carbons (Fsp3) is 0.273. The third-order valence-corrected chi connectivity index (χ3v) is 2.96. The third kappa shape index (κ3) is 3.69. The Hall–Kier alpha value is -1.57. The highest BCUT2D eigenvalue weighted by molar-refractivity contribution is 9.10. The van der Waals surface area contributed by atoms with Gasteiger partial charge in [-0.3, -0.25) is 0 Å². The standard InChI is InChI=1S/C11H8BrF3N2O2/c12-7-2-1-6(5-8(7)18)10-16-9(17-19-10)3-4-11(13,14)15/h1-2,5,18H,3-4H2. The number of aryl methyl sites for hydroxylation is 1. The van der Waals surface area contributed by atoms with Crippen molar-refractivity contribution in [3.8, 4) is 17.2 Å². The van der Waals surface area contributed by atoms with Crippen LogP contribution in [0.2, 0.25) is 0 Å². The van der Waals surface area contributed by atoms with Gasteiger partial charge in [-0.25, -0.2) is 0 Å². The van der Waals surface area contributed by atoms with Crippen LogP contribution in [0.5, 0.6) is 5.75 Å². The van der Waals surface area contributed by atoms with Crippen molar-refractivity contribution in [1.82, 2.24) is 10.1 Å². The fourth-order valence-corrected chi connectivity index (χ4v) is 1.62. The molecule has 0 saturated carbocycles. The Morgan fingerprint density at radius 2 is 2.05 bits per heavy atom. The fourth-order valence-electron chi connectivity index (χ4n) is 1.37. The highest BCUT2D eigenvalue weighted by atomic mass is 79.9. The van der Waals surface area contributed by atoms with E-state index in [-0.39, 0.29) is 23.9 Å². The summed E-state index contributed by atoms with van der Waals surface area (Å²) >= 11 is 3.11. The SMILES string of the molecule is Oc1cc(-c2nc(CCC(F)(F)F)no2)ccc1Br. The molecular formula is C11H8BrF3N2O2. The molecule has 0 spiro atoms. The van der Waals surface area contributed by atoms with Crippen LogP contribution in [0.1, 0.15) is 12.2 Å². The van der Waals surface area contributed by atoms with Crippen LogP contribution < -0.4 is 0 Å². The Kier molecular flexibility index (Phi) is 3.79. The number of alkyl halides is 3. The van der Waals surface area contributed by atoms with Crippen molar-refractivity contribution in [3.63, 3.8) is 0 Å². The average Bonchev–Trinajstić information content (AvgIpc) is 2.78. The summed E-state index contributed by atoms with van der Waals surface area (Å²) in [5.74, 6) is 0.0299. The number of phenols is 1. The first kappa shape index (κ1) is 13.9. The van der Waals surface area contributed by atoms with E-state index in [9.17, 15) is 18.3 Å². The number of rotatable bonds is 3. The maximum absolute atomic E-state index is 12.0. The van der Waals surface area contributed by atoms with Crippen LogP contribution in [-0.2, 0) is 6.42 Å². The van der Waals surface area contributed by atoms with Gasteiger partial charge in [0.15, 0.2) is 5.82 Å². The van der Waals surface area contributed by atoms with Crippen molar-refractivity contribution in [2.45, 2.75) is 19.0 Å². The van der Waals surface area contributed by atoms with Gasteiger partial charge in [0.05, 0.1) is 10.9 Å². The highest BCUT2D eigenvalue weighted by Gasteiger charge is 2.27. The topological polar surface area (TPSA) is 59.2 Å². The van der Waals surface area contributed by atoms with Crippen LogP contribution in [0.4, 0.5) is 13.2 Å². The molecule has 0 amide bonds. The molecule has 1 aromatic carbocycles. The number of hydrogen-bond acceptors (Lipinski definition) is 4. The van der Waals surface area contributed by atoms with Gasteiger partial charge in [0.2, 0.25) is 0 Å². The monoisotopic (exact) mass is 336 g/mol. The minimum absolute atomic E-state index is 0.0188. The number of nitrogens with zero attached hydrogens (tertiary/aromatic N) is 2. The Bertz CT molecular complexity index is 584. The second-order valence-corrected chi connectivity index (χ2v) is 4.65. The van der Waals surface area contributed by atoms with E-state index in [0.717, 1.165) is 0 Å². The van der Waals surface area contributed by atoms with Gasteiger partial charge in [-0.15, -0.1) is 0 Å². The first-order valence-electron chi connectivity index (χ1n) is 5.23. The molecule has 0 fully saturated rings. The largest absolute Gasteiger partial charge is 0.507 e. The molecule has 0 unspecified atom stereocenters. The molecule has 1 heterocycles. The summed E-state index contributed by atoms with van der Waals surface area (Å²) in [6.45, 7) is 0. The lowest BCUT2D eigenvalue weighted by Crippen LogP contribution is -2.09. The maximum Gasteiger partial charge on any atom is 0.389 e. The molecule has 4 nitrogen and oxygen atoms in total. The van der Waals surface area contributed by atoms with Gasteiger partial charge < -0.3 is 9.63 Å². The molecule has 0 aliphatic rings. The van der Waals surface area contributed by atoms with Crippen molar-refractivity contribution in [2.24, 2.45) is 0 Å². The number of halogens is 4. The Balaban J connectivity index is 2.14. The zero-order valence-corrected chi connectivity index (χ0v) is 11.0. The van der Waals surface area contributed by atoms with Crippen molar-refractivity contribution < 1.29 is 22.8 Å². The molecule has 2 rings (SSSR count). The average molecular weight is 337 g/mol. The molecule has 102 valence electrons. The summed E-state index contributed by atoms with van der Waals surface area (Å²) in [6.07, 6.45) is -5.59. The lowest BCUT2D eigenvalue weighted by Gasteiger charge is -2.01. The predicted molar refractivity (Wildman–Crippen MR) is 63.5 cm³/mol. The van der Waals surface area contributed by atoms with Gasteiger partial charge in [0.1, 0.15) is 5.75 Å². The highest BCUT2D eigenvalue weighted by Crippen LogP contribution is 2.29. The van der Waals surface area contributed by atoms with Gasteiger partial charge in [0, 0.05) is 12.0 Å². The zero-order valence-electron chi connectivity index (χ0n) is 9.41. The number of benzene rings is 1. The molecule has 2 aromatic rings. The molecule has 19 heavy (non-hydrogen) atoms. The molecular weight excluding hydrogens is 329 g/mol. The third-order valence-electron chi connectivity index (χ3n) is 2.29. The van der Waals surface area contributed by atoms with Gasteiger partial charge in [0.25, 0.3) is 5.89 Å². The van der Waals surface area contributed by atoms with Crippen molar-refractivity contribution >= 4 is 15.9 Å². The summed E-state index contributed by atoms with van der Waals surface area (Å²) in [5, 5.41) is 13.0. The van der Waals surface area contributed by atoms with Gasteiger partial charge in [-0.05, 0) is 34.1 Å². The number of hydrogen-bond donors (Lipinski definition) is 1. The molecule has 1 aromatic heterocycles. The van der Waals surface area contributed by atoms with Crippen molar-refractivity contribution in [2.75, 3.05) is 0 Å². The number of phenolic OH excluding ortho intramolecular Hbond substituents is 1. The second kappa shape index (κ2) is 5.20. The molecule has 8 heteroatoms. The Morgan fingerprint density at radius 1 is 1.32 bits per heavy atom. The van der Waals surface area contributed by atoms with Crippen molar-refractivity contribution in [1.29, 1.82) is 0 Å². The summed E-state index contributed by atoms with van der Waals surface area (Å²) in [7, 11) is 0. The van der Waals surface area contributed by atoms with Gasteiger partial charge >= 0.3 is 6.18 Å². The van der Waals surface area contributed by atoms with Crippen LogP contribution in [0.3, 0.4) is 0 Å². The Morgan fingerprint density at radius 3 is 2.68 bits per heavy atom. The van der Waals surface area contributed by atoms with Crippen LogP contribution in [0, 0.1) is 0 Å². The zero-order chi connectivity index (χ0) is 14.0. The summed E-state index contributed by atoms with van der Waals surface area (Å²) < 4.78 is 41.5. The first-order chi connectivity index (χ1) is 8.85. The predicted octanol–water partition coefficient (Wildman–Crippen LogP) is 3.70. The summed E-state index contributed by atoms with van der Waals surface area (Å²) in [4.78, 5) is 3.85. The normalized spacial score (nSPS) is 11.8. The maximum atomic E-state index is 12.0. The lowest BCUT2D eigenvalue weighted by atomic mass is 10.2. The van der Waals surface area contributed by atoms with E-state index in [1.807, 2.05) is 0 Å². The van der Waals surface area contributed by atoms with Crippen LogP contribution >= 0.6 is 15.9 Å². The lowest BCUT2D eigenvalue weighted by molar-refractivity contribution is -0.134. The quantitative estimate of drug-likeness (QED) is 0.928. The van der Waals surface area contributed by atoms with E-state index in [1.54, 1.807) is 12.1 Å². The van der Waals surface area contributed by atoms with Crippen LogP contribution in [0.25, 0.3) is 11.5 Å². The molecule has 0 atom stereocenters.